The zero-order chi connectivity index (χ0) is 22.9. The molecule has 2 fully saturated rings. The third-order valence-electron chi connectivity index (χ3n) is 6.84. The fourth-order valence-electron chi connectivity index (χ4n) is 5.01. The number of piperidine rings is 1. The summed E-state index contributed by atoms with van der Waals surface area (Å²) in [6.07, 6.45) is 4.35. The summed E-state index contributed by atoms with van der Waals surface area (Å²) >= 11 is 0. The van der Waals surface area contributed by atoms with E-state index >= 15 is 0 Å². The second kappa shape index (κ2) is 8.82. The molecule has 9 heteroatoms. The number of H-pyrrole nitrogens is 1. The smallest absolute Gasteiger partial charge is 0.319 e. The fraction of sp³-hybridized carbons (Fsp3) is 0.375. The summed E-state index contributed by atoms with van der Waals surface area (Å²) < 4.78 is 13.0. The number of urea groups is 1. The second-order valence-corrected chi connectivity index (χ2v) is 8.96. The number of hydrogen-bond donors (Lipinski definition) is 4. The van der Waals surface area contributed by atoms with Crippen LogP contribution in [0.25, 0.3) is 10.9 Å². The molecule has 33 heavy (non-hydrogen) atoms. The number of fused-ring (bicyclic) bond motifs is 3. The topological polar surface area (TPSA) is 102 Å². The fourth-order valence-corrected chi connectivity index (χ4v) is 5.01. The van der Waals surface area contributed by atoms with Gasteiger partial charge in [-0.2, -0.15) is 5.10 Å². The van der Waals surface area contributed by atoms with Crippen molar-refractivity contribution in [3.8, 4) is 0 Å². The van der Waals surface area contributed by atoms with E-state index in [1.807, 2.05) is 0 Å². The summed E-state index contributed by atoms with van der Waals surface area (Å²) in [7, 11) is 2.18. The van der Waals surface area contributed by atoms with Crippen LogP contribution in [0, 0.1) is 5.82 Å². The lowest BCUT2D eigenvalue weighted by Crippen LogP contribution is -2.48. The quantitative estimate of drug-likeness (QED) is 0.479. The van der Waals surface area contributed by atoms with Crippen molar-refractivity contribution in [3.05, 3.63) is 59.5 Å². The lowest BCUT2D eigenvalue weighted by atomic mass is 9.98. The number of rotatable bonds is 5. The molecule has 0 saturated carbocycles. The Kier molecular flexibility index (Phi) is 5.72. The van der Waals surface area contributed by atoms with Crippen molar-refractivity contribution in [2.45, 2.75) is 50.4 Å². The van der Waals surface area contributed by atoms with Crippen molar-refractivity contribution >= 4 is 28.5 Å². The SMILES string of the molecule is CN1[C@@H]2CC[C@H]1C[C@@H](NC(=O)c1n[nH]c3cc(NC(=O)NCc4ccc(F)cc4)ccc13)C2. The molecular weight excluding hydrogens is 423 g/mol. The van der Waals surface area contributed by atoms with Crippen molar-refractivity contribution in [2.75, 3.05) is 12.4 Å². The Labute approximate surface area is 190 Å². The normalized spacial score (nSPS) is 22.3. The van der Waals surface area contributed by atoms with Crippen LogP contribution in [-0.2, 0) is 6.54 Å². The molecule has 4 N–H and O–H groups in total. The van der Waals surface area contributed by atoms with Crippen LogP contribution in [-0.4, -0.2) is 52.2 Å². The molecule has 2 aliphatic heterocycles. The van der Waals surface area contributed by atoms with E-state index in [0.717, 1.165) is 18.4 Å². The highest BCUT2D eigenvalue weighted by atomic mass is 19.1. The van der Waals surface area contributed by atoms with Crippen LogP contribution in [0.2, 0.25) is 0 Å². The maximum absolute atomic E-state index is 13.0. The van der Waals surface area contributed by atoms with E-state index in [1.165, 1.54) is 25.0 Å². The van der Waals surface area contributed by atoms with Gasteiger partial charge in [0, 0.05) is 35.7 Å². The zero-order valence-corrected chi connectivity index (χ0v) is 18.4. The molecule has 3 heterocycles. The maximum Gasteiger partial charge on any atom is 0.319 e. The summed E-state index contributed by atoms with van der Waals surface area (Å²) in [5.41, 5.74) is 2.40. The number of aromatic amines is 1. The van der Waals surface area contributed by atoms with Crippen LogP contribution in [0.15, 0.2) is 42.5 Å². The van der Waals surface area contributed by atoms with Crippen LogP contribution < -0.4 is 16.0 Å². The number of hydrogen-bond acceptors (Lipinski definition) is 4. The van der Waals surface area contributed by atoms with Gasteiger partial charge in [0.2, 0.25) is 0 Å². The molecule has 3 amide bonds. The first-order valence-electron chi connectivity index (χ1n) is 11.3. The van der Waals surface area contributed by atoms with Crippen molar-refractivity contribution < 1.29 is 14.0 Å². The molecular formula is C24H27FN6O2. The first-order chi connectivity index (χ1) is 16.0. The Balaban J connectivity index is 1.20. The van der Waals surface area contributed by atoms with Crippen LogP contribution >= 0.6 is 0 Å². The van der Waals surface area contributed by atoms with E-state index in [2.05, 4.69) is 38.1 Å². The number of nitrogens with one attached hydrogen (secondary N) is 4. The van der Waals surface area contributed by atoms with Gasteiger partial charge in [0.1, 0.15) is 5.82 Å². The highest BCUT2D eigenvalue weighted by Gasteiger charge is 2.39. The van der Waals surface area contributed by atoms with Crippen LogP contribution in [0.1, 0.15) is 41.7 Å². The number of benzene rings is 2. The molecule has 0 spiro atoms. The number of anilines is 1. The molecule has 2 bridgehead atoms. The minimum Gasteiger partial charge on any atom is -0.348 e. The maximum atomic E-state index is 13.0. The predicted octanol–water partition coefficient (Wildman–Crippen LogP) is 3.38. The van der Waals surface area contributed by atoms with Crippen LogP contribution in [0.3, 0.4) is 0 Å². The van der Waals surface area contributed by atoms with E-state index in [1.54, 1.807) is 30.3 Å². The average molecular weight is 451 g/mol. The summed E-state index contributed by atoms with van der Waals surface area (Å²) in [4.78, 5) is 27.6. The molecule has 0 unspecified atom stereocenters. The number of nitrogens with zero attached hydrogens (tertiary/aromatic N) is 2. The highest BCUT2D eigenvalue weighted by molar-refractivity contribution is 6.05. The van der Waals surface area contributed by atoms with Gasteiger partial charge in [-0.25, -0.2) is 9.18 Å². The third kappa shape index (κ3) is 4.54. The molecule has 3 aromatic rings. The zero-order valence-electron chi connectivity index (χ0n) is 18.4. The van der Waals surface area contributed by atoms with E-state index in [9.17, 15) is 14.0 Å². The van der Waals surface area contributed by atoms with Gasteiger partial charge in [-0.3, -0.25) is 9.89 Å². The van der Waals surface area contributed by atoms with Gasteiger partial charge in [-0.05, 0) is 68.6 Å². The molecule has 2 aromatic carbocycles. The van der Waals surface area contributed by atoms with E-state index < -0.39 is 0 Å². The Morgan fingerprint density at radius 3 is 2.58 bits per heavy atom. The van der Waals surface area contributed by atoms with Crippen LogP contribution in [0.4, 0.5) is 14.9 Å². The number of amides is 3. The van der Waals surface area contributed by atoms with E-state index in [0.29, 0.717) is 34.4 Å². The molecule has 0 aliphatic carbocycles. The molecule has 3 atom stereocenters. The largest absolute Gasteiger partial charge is 0.348 e. The van der Waals surface area contributed by atoms with Gasteiger partial charge < -0.3 is 20.9 Å². The summed E-state index contributed by atoms with van der Waals surface area (Å²) in [5, 5.41) is 16.5. The van der Waals surface area contributed by atoms with Gasteiger partial charge in [-0.1, -0.05) is 12.1 Å². The first-order valence-corrected chi connectivity index (χ1v) is 11.3. The van der Waals surface area contributed by atoms with Crippen molar-refractivity contribution in [1.82, 2.24) is 25.7 Å². The van der Waals surface area contributed by atoms with E-state index in [4.69, 9.17) is 0 Å². The Bertz CT molecular complexity index is 1160. The minimum absolute atomic E-state index is 0.170. The Morgan fingerprint density at radius 1 is 1.12 bits per heavy atom. The molecule has 2 aliphatic rings. The second-order valence-electron chi connectivity index (χ2n) is 8.96. The summed E-state index contributed by atoms with van der Waals surface area (Å²) in [5.74, 6) is -0.490. The molecule has 0 radical (unpaired) electrons. The van der Waals surface area contributed by atoms with Gasteiger partial charge >= 0.3 is 6.03 Å². The lowest BCUT2D eigenvalue weighted by Gasteiger charge is -2.36. The van der Waals surface area contributed by atoms with Gasteiger partial charge in [0.05, 0.1) is 5.52 Å². The average Bonchev–Trinajstić information content (AvgIpc) is 3.29. The van der Waals surface area contributed by atoms with Gasteiger partial charge in [0.25, 0.3) is 5.91 Å². The number of carbonyl (C=O) groups excluding carboxylic acids is 2. The van der Waals surface area contributed by atoms with Crippen molar-refractivity contribution in [1.29, 1.82) is 0 Å². The minimum atomic E-state index is -0.381. The first kappa shape index (κ1) is 21.4. The number of carbonyl (C=O) groups is 2. The summed E-state index contributed by atoms with van der Waals surface area (Å²) in [6.45, 7) is 0.279. The highest BCUT2D eigenvalue weighted by Crippen LogP contribution is 2.34. The Hall–Kier alpha value is -3.46. The predicted molar refractivity (Wildman–Crippen MR) is 123 cm³/mol. The van der Waals surface area contributed by atoms with Crippen LogP contribution in [0.5, 0.6) is 0 Å². The van der Waals surface area contributed by atoms with Gasteiger partial charge in [-0.15, -0.1) is 0 Å². The molecule has 1 aromatic heterocycles. The summed E-state index contributed by atoms with van der Waals surface area (Å²) in [6, 6.07) is 12.1. The monoisotopic (exact) mass is 450 g/mol. The molecule has 2 saturated heterocycles. The van der Waals surface area contributed by atoms with Gasteiger partial charge in [0.15, 0.2) is 5.69 Å². The van der Waals surface area contributed by atoms with Crippen molar-refractivity contribution in [2.24, 2.45) is 0 Å². The van der Waals surface area contributed by atoms with Crippen molar-refractivity contribution in [3.63, 3.8) is 0 Å². The molecule has 8 nitrogen and oxygen atoms in total. The number of aromatic nitrogens is 2. The lowest BCUT2D eigenvalue weighted by molar-refractivity contribution is 0.0879. The third-order valence-corrected chi connectivity index (χ3v) is 6.84. The molecule has 172 valence electrons. The number of halogens is 1. The standard InChI is InChI=1S/C24H27FN6O2/c1-31-18-7-8-19(31)11-17(10-18)27-23(32)22-20-9-6-16(12-21(20)29-30-22)28-24(33)26-13-14-2-4-15(25)5-3-14/h2-6,9,12,17-19H,7-8,10-11,13H2,1H3,(H,27,32)(H,29,30)(H2,26,28,33)/t17-,18+,19-. The van der Waals surface area contributed by atoms with E-state index in [-0.39, 0.29) is 30.3 Å². The Morgan fingerprint density at radius 2 is 1.85 bits per heavy atom. The molecule has 5 rings (SSSR count).